The van der Waals surface area contributed by atoms with Gasteiger partial charge >= 0.3 is 12.4 Å². The molecule has 0 aliphatic heterocycles. The van der Waals surface area contributed by atoms with Crippen LogP contribution in [0, 0.1) is 6.92 Å². The highest BCUT2D eigenvalue weighted by molar-refractivity contribution is 6.35. The lowest BCUT2D eigenvalue weighted by Crippen LogP contribution is -2.21. The minimum atomic E-state index is -4.60. The molecule has 0 saturated heterocycles. The summed E-state index contributed by atoms with van der Waals surface area (Å²) >= 11 is 11.4. The lowest BCUT2D eigenvalue weighted by molar-refractivity contribution is -0.154. The number of hydrogen-bond donors (Lipinski definition) is 1. The van der Waals surface area contributed by atoms with E-state index in [2.05, 4.69) is 24.8 Å². The number of aromatic nitrogens is 2. The predicted molar refractivity (Wildman–Crippen MR) is 119 cm³/mol. The van der Waals surface area contributed by atoms with E-state index in [1.807, 2.05) is 32.9 Å². The number of halogens is 8. The second kappa shape index (κ2) is 17.0. The summed E-state index contributed by atoms with van der Waals surface area (Å²) in [7, 11) is 1.33. The number of aryl methyl sites for hydroxylation is 1. The Kier molecular flexibility index (Phi) is 16.9. The molecule has 0 fully saturated rings. The van der Waals surface area contributed by atoms with Crippen LogP contribution in [0.1, 0.15) is 26.3 Å². The van der Waals surface area contributed by atoms with Gasteiger partial charge in [-0.2, -0.15) is 36.3 Å². The summed E-state index contributed by atoms with van der Waals surface area (Å²) in [5.41, 5.74) is 1.06. The van der Waals surface area contributed by atoms with Crippen molar-refractivity contribution in [3.63, 3.8) is 0 Å². The van der Waals surface area contributed by atoms with Crippen LogP contribution in [0.25, 0.3) is 0 Å². The Bertz CT molecular complexity index is 817. The molecular weight excluding hydrogens is 515 g/mol. The fraction of sp³-hybridized carbons (Fsp3) is 0.450. The van der Waals surface area contributed by atoms with Gasteiger partial charge in [0.05, 0.1) is 6.07 Å². The Morgan fingerprint density at radius 2 is 1.35 bits per heavy atom. The van der Waals surface area contributed by atoms with Crippen molar-refractivity contribution in [3.8, 4) is 11.8 Å². The van der Waals surface area contributed by atoms with Crippen molar-refractivity contribution in [2.75, 3.05) is 25.6 Å². The van der Waals surface area contributed by atoms with Gasteiger partial charge in [-0.3, -0.25) is 0 Å². The molecule has 0 radical (unpaired) electrons. The molecule has 0 aliphatic rings. The van der Waals surface area contributed by atoms with E-state index >= 15 is 0 Å². The van der Waals surface area contributed by atoms with E-state index in [9.17, 15) is 26.3 Å². The van der Waals surface area contributed by atoms with Gasteiger partial charge in [0.15, 0.2) is 13.2 Å². The number of ether oxygens (including phenoxy) is 2. The van der Waals surface area contributed by atoms with Gasteiger partial charge in [-0.25, -0.2) is 0 Å². The third kappa shape index (κ3) is 18.0. The Labute approximate surface area is 203 Å². The standard InChI is InChI=1S/C9H9F6N3O2.C7H6Cl2.C2H4O.C2H6/c1-16-7-17-5(19-3-8(10,11)12)2-6(18-7)20-4-9(13,14)15;1-5-2-3-6(8)4-7(5)9;1-2-3;1-2/h2H,3-4H2,1H3,(H,16,17,18);2-4H,1H3;2H,1H3;1-2H3. The Hall–Kier alpha value is -2.47. The van der Waals surface area contributed by atoms with E-state index in [0.717, 1.165) is 22.9 Å². The van der Waals surface area contributed by atoms with Gasteiger partial charge in [0.25, 0.3) is 0 Å². The van der Waals surface area contributed by atoms with E-state index in [4.69, 9.17) is 28.0 Å². The van der Waals surface area contributed by atoms with E-state index in [-0.39, 0.29) is 5.95 Å². The van der Waals surface area contributed by atoms with Crippen molar-refractivity contribution < 1.29 is 40.6 Å². The van der Waals surface area contributed by atoms with Crippen LogP contribution in [0.3, 0.4) is 0 Å². The van der Waals surface area contributed by atoms with Crippen LogP contribution in [0.5, 0.6) is 11.8 Å². The van der Waals surface area contributed by atoms with Crippen LogP contribution in [0.15, 0.2) is 24.3 Å². The highest BCUT2D eigenvalue weighted by Gasteiger charge is 2.30. The molecule has 0 aliphatic carbocycles. The maximum Gasteiger partial charge on any atom is 0.422 e. The van der Waals surface area contributed by atoms with Crippen LogP contribution in [0.4, 0.5) is 32.3 Å². The summed E-state index contributed by atoms with van der Waals surface area (Å²) in [5.74, 6) is -1.35. The van der Waals surface area contributed by atoms with E-state index in [0.29, 0.717) is 5.02 Å². The number of alkyl halides is 6. The van der Waals surface area contributed by atoms with Crippen molar-refractivity contribution >= 4 is 35.4 Å². The number of nitrogens with one attached hydrogen (secondary N) is 1. The normalized spacial score (nSPS) is 10.3. The molecule has 1 aromatic heterocycles. The quantitative estimate of drug-likeness (QED) is 0.328. The zero-order chi connectivity index (χ0) is 26.9. The van der Waals surface area contributed by atoms with Gasteiger partial charge in [0.2, 0.25) is 17.7 Å². The highest BCUT2D eigenvalue weighted by Crippen LogP contribution is 2.23. The van der Waals surface area contributed by atoms with E-state index in [1.54, 1.807) is 6.07 Å². The Balaban J connectivity index is 0. The summed E-state index contributed by atoms with van der Waals surface area (Å²) < 4.78 is 80.4. The first-order valence-corrected chi connectivity index (χ1v) is 10.2. The van der Waals surface area contributed by atoms with E-state index in [1.165, 1.54) is 14.0 Å². The first-order chi connectivity index (χ1) is 15.7. The number of aldehydes is 1. The number of nitrogens with zero attached hydrogens (tertiary/aromatic N) is 2. The summed E-state index contributed by atoms with van der Waals surface area (Å²) in [6, 6.07) is 6.18. The number of carbonyl (C=O) groups is 1. The summed E-state index contributed by atoms with van der Waals surface area (Å²) in [6.45, 7) is 4.12. The van der Waals surface area contributed by atoms with E-state index < -0.39 is 37.3 Å². The zero-order valence-electron chi connectivity index (χ0n) is 18.9. The topological polar surface area (TPSA) is 73.3 Å². The molecule has 1 N–H and O–H groups in total. The van der Waals surface area contributed by atoms with Crippen molar-refractivity contribution in [1.29, 1.82) is 0 Å². The predicted octanol–water partition coefficient (Wildman–Crippen LogP) is 6.93. The van der Waals surface area contributed by atoms with Crippen LogP contribution >= 0.6 is 23.2 Å². The molecule has 34 heavy (non-hydrogen) atoms. The van der Waals surface area contributed by atoms with Crippen LogP contribution < -0.4 is 14.8 Å². The molecule has 1 heterocycles. The number of carbonyl (C=O) groups excluding carboxylic acids is 1. The molecule has 0 spiro atoms. The van der Waals surface area contributed by atoms with Crippen LogP contribution in [0.2, 0.25) is 10.0 Å². The maximum absolute atomic E-state index is 12.0. The SMILES string of the molecule is CC.CC=O.CNc1nc(OCC(F)(F)F)cc(OCC(F)(F)F)n1.Cc1ccc(Cl)cc1Cl. The first-order valence-electron chi connectivity index (χ1n) is 9.48. The fourth-order valence-electron chi connectivity index (χ4n) is 1.54. The number of hydrogen-bond acceptors (Lipinski definition) is 6. The zero-order valence-corrected chi connectivity index (χ0v) is 20.5. The van der Waals surface area contributed by atoms with Crippen molar-refractivity contribution in [2.45, 2.75) is 40.0 Å². The molecule has 2 aromatic rings. The van der Waals surface area contributed by atoms with Crippen molar-refractivity contribution in [1.82, 2.24) is 9.97 Å². The second-order valence-corrected chi connectivity index (χ2v) is 6.40. The number of rotatable bonds is 5. The lowest BCUT2D eigenvalue weighted by Gasteiger charge is -2.12. The molecule has 0 unspecified atom stereocenters. The molecule has 0 atom stereocenters. The van der Waals surface area contributed by atoms with Crippen molar-refractivity contribution in [2.24, 2.45) is 0 Å². The Morgan fingerprint density at radius 1 is 0.941 bits per heavy atom. The third-order valence-electron chi connectivity index (χ3n) is 2.80. The molecule has 194 valence electrons. The fourth-order valence-corrected chi connectivity index (χ4v) is 1.95. The molecular formula is C20H25Cl2F6N3O3. The third-order valence-corrected chi connectivity index (χ3v) is 3.45. The number of anilines is 1. The van der Waals surface area contributed by atoms with Crippen LogP contribution in [-0.2, 0) is 4.79 Å². The minimum absolute atomic E-state index is 0.234. The molecule has 0 bridgehead atoms. The highest BCUT2D eigenvalue weighted by atomic mass is 35.5. The summed E-state index contributed by atoms with van der Waals surface area (Å²) in [4.78, 5) is 15.8. The average Bonchev–Trinajstić information content (AvgIpc) is 2.75. The largest absolute Gasteiger partial charge is 0.468 e. The molecule has 6 nitrogen and oxygen atoms in total. The van der Waals surface area contributed by atoms with Gasteiger partial charge < -0.3 is 19.6 Å². The number of benzene rings is 1. The molecule has 0 amide bonds. The van der Waals surface area contributed by atoms with Gasteiger partial charge in [-0.1, -0.05) is 43.1 Å². The lowest BCUT2D eigenvalue weighted by atomic mass is 10.2. The van der Waals surface area contributed by atoms with Gasteiger partial charge in [-0.15, -0.1) is 0 Å². The Morgan fingerprint density at radius 3 is 1.65 bits per heavy atom. The summed E-state index contributed by atoms with van der Waals surface area (Å²) in [6.07, 6.45) is -8.45. The van der Waals surface area contributed by atoms with Gasteiger partial charge in [0, 0.05) is 17.1 Å². The molecule has 14 heteroatoms. The minimum Gasteiger partial charge on any atom is -0.468 e. The van der Waals surface area contributed by atoms with Gasteiger partial charge in [0.1, 0.15) is 6.29 Å². The smallest absolute Gasteiger partial charge is 0.422 e. The molecule has 0 saturated carbocycles. The maximum atomic E-state index is 12.0. The summed E-state index contributed by atoms with van der Waals surface area (Å²) in [5, 5.41) is 3.77. The van der Waals surface area contributed by atoms with Crippen molar-refractivity contribution in [3.05, 3.63) is 39.9 Å². The molecule has 1 aromatic carbocycles. The van der Waals surface area contributed by atoms with Gasteiger partial charge in [-0.05, 0) is 31.5 Å². The monoisotopic (exact) mass is 539 g/mol. The molecule has 2 rings (SSSR count). The average molecular weight is 540 g/mol. The second-order valence-electron chi connectivity index (χ2n) is 5.55. The first kappa shape index (κ1) is 33.7. The van der Waals surface area contributed by atoms with Crippen LogP contribution in [-0.4, -0.2) is 48.9 Å².